The number of carbonyl (C=O) groups is 1. The molecule has 1 aromatic carbocycles. The molecule has 1 amide bonds. The predicted molar refractivity (Wildman–Crippen MR) is 127 cm³/mol. The first-order chi connectivity index (χ1) is 15.1. The molecule has 0 radical (unpaired) electrons. The Morgan fingerprint density at radius 2 is 2.06 bits per heavy atom. The zero-order chi connectivity index (χ0) is 22.1. The van der Waals surface area contributed by atoms with Crippen LogP contribution in [0.2, 0.25) is 0 Å². The third-order valence-corrected chi connectivity index (χ3v) is 5.80. The van der Waals surface area contributed by atoms with Gasteiger partial charge in [0.15, 0.2) is 0 Å². The molecule has 1 N–H and O–H groups in total. The summed E-state index contributed by atoms with van der Waals surface area (Å²) in [6.07, 6.45) is 11.8. The zero-order valence-corrected chi connectivity index (χ0v) is 19.2. The van der Waals surface area contributed by atoms with E-state index in [1.54, 1.807) is 7.05 Å². The van der Waals surface area contributed by atoms with E-state index >= 15 is 0 Å². The fourth-order valence-corrected chi connectivity index (χ4v) is 4.06. The summed E-state index contributed by atoms with van der Waals surface area (Å²) < 4.78 is 5.03. The van der Waals surface area contributed by atoms with Crippen LogP contribution in [0.3, 0.4) is 0 Å². The van der Waals surface area contributed by atoms with Crippen molar-refractivity contribution in [1.29, 1.82) is 0 Å². The minimum Gasteiger partial charge on any atom is -0.387 e. The summed E-state index contributed by atoms with van der Waals surface area (Å²) >= 11 is 5.90. The van der Waals surface area contributed by atoms with Crippen LogP contribution >= 0.6 is 11.6 Å². The number of benzene rings is 1. The summed E-state index contributed by atoms with van der Waals surface area (Å²) in [5.74, 6) is 1.09. The lowest BCUT2D eigenvalue weighted by molar-refractivity contribution is -0.121. The lowest BCUT2D eigenvalue weighted by Crippen LogP contribution is -2.19. The highest BCUT2D eigenvalue weighted by Gasteiger charge is 2.25. The second-order valence-corrected chi connectivity index (χ2v) is 8.33. The average molecular weight is 442 g/mol. The maximum atomic E-state index is 9.94. The number of fused-ring (bicyclic) bond motifs is 2. The summed E-state index contributed by atoms with van der Waals surface area (Å²) in [5.41, 5.74) is 6.47. The lowest BCUT2D eigenvalue weighted by Gasteiger charge is -2.12. The molecule has 1 atom stereocenters. The van der Waals surface area contributed by atoms with E-state index in [4.69, 9.17) is 16.3 Å². The number of hydrogen-bond acceptors (Lipinski definition) is 4. The van der Waals surface area contributed by atoms with Crippen LogP contribution in [0, 0.1) is 5.92 Å². The molecule has 166 valence electrons. The van der Waals surface area contributed by atoms with Gasteiger partial charge in [0, 0.05) is 25.6 Å². The Balaban J connectivity index is 0.000000259. The number of amides is 1. The van der Waals surface area contributed by atoms with Gasteiger partial charge in [0.2, 0.25) is 6.41 Å². The highest BCUT2D eigenvalue weighted by atomic mass is 35.5. The summed E-state index contributed by atoms with van der Waals surface area (Å²) in [4.78, 5) is 16.1. The van der Waals surface area contributed by atoms with Gasteiger partial charge in [-0.15, -0.1) is 11.6 Å². The van der Waals surface area contributed by atoms with E-state index in [1.807, 2.05) is 13.0 Å². The van der Waals surface area contributed by atoms with Gasteiger partial charge in [0.05, 0.1) is 17.1 Å². The molecule has 2 heterocycles. The number of nitrogens with one attached hydrogen (secondary N) is 1. The van der Waals surface area contributed by atoms with Crippen LogP contribution in [-0.4, -0.2) is 43.2 Å². The number of ether oxygens (including phenoxy) is 1. The van der Waals surface area contributed by atoms with E-state index in [0.29, 0.717) is 18.5 Å². The Morgan fingerprint density at radius 1 is 1.26 bits per heavy atom. The Morgan fingerprint density at radius 3 is 2.81 bits per heavy atom. The first-order valence-electron chi connectivity index (χ1n) is 10.9. The van der Waals surface area contributed by atoms with Crippen molar-refractivity contribution in [3.8, 4) is 0 Å². The fraction of sp³-hybridized carbons (Fsp3) is 0.440. The third-order valence-electron chi connectivity index (χ3n) is 5.53. The van der Waals surface area contributed by atoms with Crippen molar-refractivity contribution in [3.63, 3.8) is 0 Å². The van der Waals surface area contributed by atoms with E-state index < -0.39 is 0 Å². The smallest absolute Gasteiger partial charge is 0.211 e. The zero-order valence-electron chi connectivity index (χ0n) is 18.4. The number of pyridine rings is 1. The molecule has 2 aromatic rings. The Labute approximate surface area is 190 Å². The number of allylic oxidation sites excluding steroid dienone is 2. The Bertz CT molecular complexity index is 942. The minimum absolute atomic E-state index is 0.400. The van der Waals surface area contributed by atoms with Gasteiger partial charge in [-0.2, -0.15) is 0 Å². The highest BCUT2D eigenvalue weighted by Crippen LogP contribution is 2.35. The molecule has 4 rings (SSSR count). The molecule has 0 bridgehead atoms. The quantitative estimate of drug-likeness (QED) is 0.224. The number of carbonyl (C=O) groups excluding carboxylic acids is 1. The van der Waals surface area contributed by atoms with Gasteiger partial charge in [-0.05, 0) is 72.7 Å². The fourth-order valence-electron chi connectivity index (χ4n) is 3.91. The van der Waals surface area contributed by atoms with E-state index in [1.165, 1.54) is 27.0 Å². The summed E-state index contributed by atoms with van der Waals surface area (Å²) in [5, 5.41) is 4.60. The largest absolute Gasteiger partial charge is 0.387 e. The van der Waals surface area contributed by atoms with E-state index in [2.05, 4.69) is 46.9 Å². The van der Waals surface area contributed by atoms with E-state index in [9.17, 15) is 4.79 Å². The number of halogens is 1. The second-order valence-electron chi connectivity index (χ2n) is 8.06. The topological polar surface area (TPSA) is 54.5 Å². The predicted octanol–water partition coefficient (Wildman–Crippen LogP) is 4.58. The van der Waals surface area contributed by atoms with Gasteiger partial charge in [0.1, 0.15) is 6.73 Å². The molecular weight excluding hydrogens is 410 g/mol. The molecule has 5 nitrogen and oxygen atoms in total. The van der Waals surface area contributed by atoms with Crippen LogP contribution in [0.4, 0.5) is 0 Å². The molecule has 0 saturated carbocycles. The number of nitrogens with zero attached hydrogens (tertiary/aromatic N) is 2. The standard InChI is InChI=1S/C19H19ClN2.C6H13NO2/c20-11-18-5-4-13-7-16-8-15(9-17(16)10-19(13)22-18)14-3-1-2-6-21-12-14;1-3-4-9-6-7(2)5-8/h1-2,4-5,7,10,12,15,21H,3,6,8-9,11H2;5H,3-4,6H2,1-2H3/t15-;/m1./s1. The van der Waals surface area contributed by atoms with Crippen LogP contribution < -0.4 is 5.32 Å². The molecule has 0 fully saturated rings. The number of rotatable bonds is 7. The van der Waals surface area contributed by atoms with Gasteiger partial charge in [-0.1, -0.05) is 25.1 Å². The summed E-state index contributed by atoms with van der Waals surface area (Å²) in [6.45, 7) is 4.09. The van der Waals surface area contributed by atoms with E-state index in [-0.39, 0.29) is 0 Å². The Kier molecular flexibility index (Phi) is 8.92. The summed E-state index contributed by atoms with van der Waals surface area (Å²) in [6, 6.07) is 8.75. The van der Waals surface area contributed by atoms with Crippen molar-refractivity contribution >= 4 is 28.9 Å². The molecule has 1 aromatic heterocycles. The maximum Gasteiger partial charge on any atom is 0.211 e. The van der Waals surface area contributed by atoms with Gasteiger partial charge in [0.25, 0.3) is 0 Å². The first kappa shape index (κ1) is 23.3. The van der Waals surface area contributed by atoms with Crippen molar-refractivity contribution < 1.29 is 9.53 Å². The highest BCUT2D eigenvalue weighted by molar-refractivity contribution is 6.16. The van der Waals surface area contributed by atoms with Crippen molar-refractivity contribution in [2.45, 2.75) is 38.5 Å². The second kappa shape index (κ2) is 11.9. The molecule has 1 aliphatic carbocycles. The van der Waals surface area contributed by atoms with Crippen LogP contribution in [-0.2, 0) is 28.3 Å². The normalized spacial score (nSPS) is 17.1. The number of aromatic nitrogens is 1. The molecule has 0 unspecified atom stereocenters. The maximum absolute atomic E-state index is 9.94. The van der Waals surface area contributed by atoms with Crippen LogP contribution in [0.15, 0.2) is 48.2 Å². The van der Waals surface area contributed by atoms with Crippen molar-refractivity contribution in [1.82, 2.24) is 15.2 Å². The van der Waals surface area contributed by atoms with Crippen molar-refractivity contribution in [3.05, 3.63) is 65.0 Å². The third kappa shape index (κ3) is 6.55. The van der Waals surface area contributed by atoms with Gasteiger partial charge in [-0.25, -0.2) is 0 Å². The molecule has 6 heteroatoms. The van der Waals surface area contributed by atoms with Crippen molar-refractivity contribution in [2.24, 2.45) is 5.92 Å². The lowest BCUT2D eigenvalue weighted by atomic mass is 9.94. The van der Waals surface area contributed by atoms with Gasteiger partial charge in [-0.3, -0.25) is 9.78 Å². The van der Waals surface area contributed by atoms with Crippen LogP contribution in [0.1, 0.15) is 36.6 Å². The average Bonchev–Trinajstić information content (AvgIpc) is 3.01. The van der Waals surface area contributed by atoms with Gasteiger partial charge < -0.3 is 15.0 Å². The molecular formula is C25H32ClN3O2. The number of hydrogen-bond donors (Lipinski definition) is 1. The van der Waals surface area contributed by atoms with Crippen LogP contribution in [0.25, 0.3) is 10.9 Å². The molecule has 1 aliphatic heterocycles. The van der Waals surface area contributed by atoms with Crippen LogP contribution in [0.5, 0.6) is 0 Å². The SMILES string of the molecule is CCCOCN(C)C=O.ClCc1ccc2cc3c(cc2n1)C[C@H](C1=CNCC=CC1)C3. The summed E-state index contributed by atoms with van der Waals surface area (Å²) in [7, 11) is 1.68. The number of alkyl halides is 1. The van der Waals surface area contributed by atoms with Crippen molar-refractivity contribution in [2.75, 3.05) is 26.9 Å². The Hall–Kier alpha value is -2.37. The van der Waals surface area contributed by atoms with E-state index in [0.717, 1.165) is 56.5 Å². The monoisotopic (exact) mass is 441 g/mol. The minimum atomic E-state index is 0.400. The molecule has 0 saturated heterocycles. The molecule has 0 spiro atoms. The molecule has 31 heavy (non-hydrogen) atoms. The first-order valence-corrected chi connectivity index (χ1v) is 11.5. The molecule has 2 aliphatic rings. The van der Waals surface area contributed by atoms with Gasteiger partial charge >= 0.3 is 0 Å².